The molecular weight excluding hydrogens is 374 g/mol. The lowest BCUT2D eigenvalue weighted by Gasteiger charge is -2.28. The van der Waals surface area contributed by atoms with E-state index in [1.54, 1.807) is 0 Å². The molecule has 0 saturated carbocycles. The van der Waals surface area contributed by atoms with E-state index in [-0.39, 0.29) is 0 Å². The van der Waals surface area contributed by atoms with Gasteiger partial charge in [0.1, 0.15) is 0 Å². The molecule has 2 nitrogen and oxygen atoms in total. The van der Waals surface area contributed by atoms with Crippen LogP contribution >= 0.6 is 15.9 Å². The molecule has 1 heterocycles. The van der Waals surface area contributed by atoms with Crippen molar-refractivity contribution < 1.29 is 5.11 Å². The number of likely N-dealkylation sites (tertiary alicyclic amines) is 1. The number of rotatable bonds is 5. The van der Waals surface area contributed by atoms with Gasteiger partial charge >= 0.3 is 0 Å². The lowest BCUT2D eigenvalue weighted by molar-refractivity contribution is 0.0362. The molecule has 0 aliphatic carbocycles. The molecular formula is C22H28BrNO. The molecule has 1 N–H and O–H groups in total. The van der Waals surface area contributed by atoms with E-state index in [4.69, 9.17) is 0 Å². The lowest BCUT2D eigenvalue weighted by atomic mass is 9.91. The maximum absolute atomic E-state index is 11.0. The van der Waals surface area contributed by atoms with Crippen LogP contribution in [0.3, 0.4) is 0 Å². The van der Waals surface area contributed by atoms with Crippen LogP contribution in [0.5, 0.6) is 0 Å². The summed E-state index contributed by atoms with van der Waals surface area (Å²) in [6.45, 7) is 5.28. The Morgan fingerprint density at radius 1 is 0.880 bits per heavy atom. The SMILES string of the molecule is CC(O)(CCN1CCCCCC1)c1ccc(-c2ccc(Br)cc2)cc1. The maximum Gasteiger partial charge on any atom is 0.0880 e. The predicted molar refractivity (Wildman–Crippen MR) is 109 cm³/mol. The zero-order valence-corrected chi connectivity index (χ0v) is 16.6. The van der Waals surface area contributed by atoms with Crippen LogP contribution < -0.4 is 0 Å². The fourth-order valence-corrected chi connectivity index (χ4v) is 3.81. The fraction of sp³-hybridized carbons (Fsp3) is 0.455. The summed E-state index contributed by atoms with van der Waals surface area (Å²) in [4.78, 5) is 2.51. The molecule has 1 saturated heterocycles. The van der Waals surface area contributed by atoms with Crippen LogP contribution in [-0.2, 0) is 5.60 Å². The van der Waals surface area contributed by atoms with Gasteiger partial charge in [-0.05, 0) is 68.1 Å². The highest BCUT2D eigenvalue weighted by Crippen LogP contribution is 2.28. The molecule has 134 valence electrons. The van der Waals surface area contributed by atoms with E-state index >= 15 is 0 Å². The Morgan fingerprint density at radius 2 is 1.40 bits per heavy atom. The normalized spacial score (nSPS) is 18.5. The van der Waals surface area contributed by atoms with E-state index in [9.17, 15) is 5.11 Å². The van der Waals surface area contributed by atoms with Crippen molar-refractivity contribution in [3.05, 3.63) is 58.6 Å². The Labute approximate surface area is 160 Å². The Bertz CT molecular complexity index is 655. The minimum Gasteiger partial charge on any atom is -0.385 e. The van der Waals surface area contributed by atoms with Gasteiger partial charge in [-0.1, -0.05) is 65.2 Å². The van der Waals surface area contributed by atoms with Gasteiger partial charge in [0.15, 0.2) is 0 Å². The standard InChI is InChI=1S/C22H28BrNO/c1-22(25,14-17-24-15-4-2-3-5-16-24)20-10-6-18(7-11-20)19-8-12-21(23)13-9-19/h6-13,25H,2-5,14-17H2,1H3. The van der Waals surface area contributed by atoms with Crippen molar-refractivity contribution >= 4 is 15.9 Å². The lowest BCUT2D eigenvalue weighted by Crippen LogP contribution is -2.32. The van der Waals surface area contributed by atoms with E-state index in [0.29, 0.717) is 0 Å². The molecule has 0 spiro atoms. The van der Waals surface area contributed by atoms with Crippen LogP contribution in [0.4, 0.5) is 0 Å². The number of halogens is 1. The van der Waals surface area contributed by atoms with Gasteiger partial charge in [-0.3, -0.25) is 0 Å². The van der Waals surface area contributed by atoms with E-state index in [0.717, 1.165) is 23.0 Å². The van der Waals surface area contributed by atoms with E-state index in [1.807, 2.05) is 6.92 Å². The zero-order valence-electron chi connectivity index (χ0n) is 15.0. The minimum atomic E-state index is -0.773. The zero-order chi connectivity index (χ0) is 17.7. The Balaban J connectivity index is 1.64. The second-order valence-electron chi connectivity index (χ2n) is 7.36. The number of aliphatic hydroxyl groups is 1. The monoisotopic (exact) mass is 401 g/mol. The highest BCUT2D eigenvalue weighted by molar-refractivity contribution is 9.10. The molecule has 0 amide bonds. The minimum absolute atomic E-state index is 0.773. The topological polar surface area (TPSA) is 23.5 Å². The molecule has 25 heavy (non-hydrogen) atoms. The summed E-state index contributed by atoms with van der Waals surface area (Å²) in [6, 6.07) is 16.7. The van der Waals surface area contributed by atoms with Gasteiger partial charge < -0.3 is 10.0 Å². The Kier molecular flexibility index (Phi) is 6.32. The van der Waals surface area contributed by atoms with Gasteiger partial charge in [0, 0.05) is 11.0 Å². The van der Waals surface area contributed by atoms with E-state index in [2.05, 4.69) is 69.4 Å². The second kappa shape index (κ2) is 8.48. The van der Waals surface area contributed by atoms with Gasteiger partial charge in [-0.15, -0.1) is 0 Å². The summed E-state index contributed by atoms with van der Waals surface area (Å²) in [5, 5.41) is 11.0. The second-order valence-corrected chi connectivity index (χ2v) is 8.28. The smallest absolute Gasteiger partial charge is 0.0880 e. The largest absolute Gasteiger partial charge is 0.385 e. The Morgan fingerprint density at radius 3 is 1.96 bits per heavy atom. The highest BCUT2D eigenvalue weighted by atomic mass is 79.9. The van der Waals surface area contributed by atoms with Gasteiger partial charge in [-0.25, -0.2) is 0 Å². The highest BCUT2D eigenvalue weighted by Gasteiger charge is 2.24. The third kappa shape index (κ3) is 5.16. The first-order chi connectivity index (χ1) is 12.0. The molecule has 1 atom stereocenters. The van der Waals surface area contributed by atoms with Crippen LogP contribution in [0, 0.1) is 0 Å². The predicted octanol–water partition coefficient (Wildman–Crippen LogP) is 5.59. The van der Waals surface area contributed by atoms with Gasteiger partial charge in [0.2, 0.25) is 0 Å². The van der Waals surface area contributed by atoms with E-state index in [1.165, 1.54) is 49.9 Å². The van der Waals surface area contributed by atoms with Crippen LogP contribution in [0.2, 0.25) is 0 Å². The van der Waals surface area contributed by atoms with Gasteiger partial charge in [0.25, 0.3) is 0 Å². The molecule has 2 aromatic rings. The Hall–Kier alpha value is -1.16. The molecule has 0 aromatic heterocycles. The molecule has 1 aliphatic heterocycles. The molecule has 0 bridgehead atoms. The molecule has 0 radical (unpaired) electrons. The van der Waals surface area contributed by atoms with Crippen LogP contribution in [0.15, 0.2) is 53.0 Å². The molecule has 1 fully saturated rings. The quantitative estimate of drug-likeness (QED) is 0.705. The maximum atomic E-state index is 11.0. The van der Waals surface area contributed by atoms with Crippen molar-refractivity contribution in [2.75, 3.05) is 19.6 Å². The molecule has 3 rings (SSSR count). The van der Waals surface area contributed by atoms with Crippen molar-refractivity contribution in [2.24, 2.45) is 0 Å². The number of hydrogen-bond acceptors (Lipinski definition) is 2. The third-order valence-corrected chi connectivity index (χ3v) is 5.83. The molecule has 1 aliphatic rings. The van der Waals surface area contributed by atoms with Crippen molar-refractivity contribution in [2.45, 2.75) is 44.6 Å². The van der Waals surface area contributed by atoms with E-state index < -0.39 is 5.60 Å². The van der Waals surface area contributed by atoms with Crippen LogP contribution in [0.25, 0.3) is 11.1 Å². The summed E-state index contributed by atoms with van der Waals surface area (Å²) < 4.78 is 1.09. The average molecular weight is 402 g/mol. The average Bonchev–Trinajstić information content (AvgIpc) is 2.90. The number of benzene rings is 2. The van der Waals surface area contributed by atoms with Crippen LogP contribution in [0.1, 0.15) is 44.6 Å². The third-order valence-electron chi connectivity index (χ3n) is 5.30. The summed E-state index contributed by atoms with van der Waals surface area (Å²) in [6.07, 6.45) is 6.08. The van der Waals surface area contributed by atoms with Crippen molar-refractivity contribution in [1.82, 2.24) is 4.90 Å². The van der Waals surface area contributed by atoms with Crippen LogP contribution in [-0.4, -0.2) is 29.6 Å². The number of nitrogens with zero attached hydrogens (tertiary/aromatic N) is 1. The number of hydrogen-bond donors (Lipinski definition) is 1. The fourth-order valence-electron chi connectivity index (χ4n) is 3.54. The molecule has 2 aromatic carbocycles. The summed E-state index contributed by atoms with van der Waals surface area (Å²) >= 11 is 3.47. The van der Waals surface area contributed by atoms with Gasteiger partial charge in [-0.2, -0.15) is 0 Å². The van der Waals surface area contributed by atoms with Crippen molar-refractivity contribution in [3.8, 4) is 11.1 Å². The first kappa shape index (κ1) is 18.6. The molecule has 1 unspecified atom stereocenters. The van der Waals surface area contributed by atoms with Gasteiger partial charge in [0.05, 0.1) is 5.60 Å². The summed E-state index contributed by atoms with van der Waals surface area (Å²) in [5.74, 6) is 0. The van der Waals surface area contributed by atoms with Crippen molar-refractivity contribution in [1.29, 1.82) is 0 Å². The first-order valence-corrected chi connectivity index (χ1v) is 10.2. The van der Waals surface area contributed by atoms with Crippen molar-refractivity contribution in [3.63, 3.8) is 0 Å². The first-order valence-electron chi connectivity index (χ1n) is 9.36. The molecule has 3 heteroatoms. The summed E-state index contributed by atoms with van der Waals surface area (Å²) in [7, 11) is 0. The summed E-state index contributed by atoms with van der Waals surface area (Å²) in [5.41, 5.74) is 2.60.